The van der Waals surface area contributed by atoms with E-state index in [4.69, 9.17) is 4.74 Å². The van der Waals surface area contributed by atoms with Crippen LogP contribution in [0.5, 0.6) is 5.75 Å². The van der Waals surface area contributed by atoms with Gasteiger partial charge in [-0.25, -0.2) is 4.79 Å². The summed E-state index contributed by atoms with van der Waals surface area (Å²) >= 11 is 0. The molecule has 2 amide bonds. The van der Waals surface area contributed by atoms with Gasteiger partial charge in [0.2, 0.25) is 0 Å². The normalized spacial score (nSPS) is 15.6. The fraction of sp³-hybridized carbons (Fsp3) is 0.350. The summed E-state index contributed by atoms with van der Waals surface area (Å²) in [5, 5.41) is 5.92. The summed E-state index contributed by atoms with van der Waals surface area (Å²) < 4.78 is 5.69. The Balaban J connectivity index is 1.35. The summed E-state index contributed by atoms with van der Waals surface area (Å²) in [5.41, 5.74) is 2.33. The zero-order valence-corrected chi connectivity index (χ0v) is 14.6. The fourth-order valence-corrected chi connectivity index (χ4v) is 2.99. The van der Waals surface area contributed by atoms with Gasteiger partial charge in [-0.15, -0.1) is 0 Å². The summed E-state index contributed by atoms with van der Waals surface area (Å²) in [6, 6.07) is 18.1. The molecule has 1 aliphatic rings. The van der Waals surface area contributed by atoms with Crippen LogP contribution in [-0.4, -0.2) is 38.8 Å². The van der Waals surface area contributed by atoms with Gasteiger partial charge in [-0.05, 0) is 36.6 Å². The number of anilines is 1. The number of rotatable bonds is 6. The molecule has 0 spiro atoms. The molecular weight excluding hydrogens is 314 g/mol. The van der Waals surface area contributed by atoms with Crippen LogP contribution in [0.15, 0.2) is 54.6 Å². The first-order chi connectivity index (χ1) is 12.2. The second kappa shape index (κ2) is 8.42. The van der Waals surface area contributed by atoms with Gasteiger partial charge in [-0.2, -0.15) is 0 Å². The number of urea groups is 1. The lowest BCUT2D eigenvalue weighted by Gasteiger charge is -2.26. The molecule has 2 N–H and O–H groups in total. The molecule has 3 rings (SSSR count). The van der Waals surface area contributed by atoms with Crippen LogP contribution < -0.4 is 20.3 Å². The van der Waals surface area contributed by atoms with Crippen molar-refractivity contribution < 1.29 is 9.53 Å². The van der Waals surface area contributed by atoms with Gasteiger partial charge in [0.05, 0.1) is 6.04 Å². The van der Waals surface area contributed by atoms with Gasteiger partial charge < -0.3 is 20.3 Å². The number of ether oxygens (including phenoxy) is 1. The minimum atomic E-state index is -0.129. The molecule has 25 heavy (non-hydrogen) atoms. The standard InChI is InChI=1S/C20H25N3O2/c1-23(18-9-3-2-4-10-18)13-7-12-21-20(24)22-17-14-16-8-5-6-11-19(16)25-15-17/h2-6,8-11,17H,7,12-15H2,1H3,(H2,21,22,24). The minimum absolute atomic E-state index is 0.0156. The number of amides is 2. The van der Waals surface area contributed by atoms with Crippen molar-refractivity contribution in [2.24, 2.45) is 0 Å². The predicted molar refractivity (Wildman–Crippen MR) is 100 cm³/mol. The van der Waals surface area contributed by atoms with Crippen LogP contribution >= 0.6 is 0 Å². The summed E-state index contributed by atoms with van der Waals surface area (Å²) in [4.78, 5) is 14.2. The number of nitrogens with one attached hydrogen (secondary N) is 2. The zero-order valence-electron chi connectivity index (χ0n) is 14.6. The third-order valence-corrected chi connectivity index (χ3v) is 4.37. The molecule has 0 aromatic heterocycles. The molecule has 0 radical (unpaired) electrons. The number of carbonyl (C=O) groups is 1. The van der Waals surface area contributed by atoms with E-state index in [1.165, 1.54) is 5.69 Å². The molecule has 5 nitrogen and oxygen atoms in total. The second-order valence-electron chi connectivity index (χ2n) is 6.33. The van der Waals surface area contributed by atoms with Crippen LogP contribution in [-0.2, 0) is 6.42 Å². The van der Waals surface area contributed by atoms with Gasteiger partial charge in [0.15, 0.2) is 0 Å². The van der Waals surface area contributed by atoms with Crippen molar-refractivity contribution in [2.45, 2.75) is 18.9 Å². The molecule has 0 bridgehead atoms. The number of hydrogen-bond acceptors (Lipinski definition) is 3. The van der Waals surface area contributed by atoms with Gasteiger partial charge in [0.1, 0.15) is 12.4 Å². The van der Waals surface area contributed by atoms with E-state index in [2.05, 4.69) is 34.7 Å². The molecule has 1 heterocycles. The monoisotopic (exact) mass is 339 g/mol. The van der Waals surface area contributed by atoms with E-state index in [1.54, 1.807) is 0 Å². The Bertz CT molecular complexity index is 690. The summed E-state index contributed by atoms with van der Waals surface area (Å²) in [7, 11) is 2.06. The Morgan fingerprint density at radius 1 is 1.16 bits per heavy atom. The highest BCUT2D eigenvalue weighted by Crippen LogP contribution is 2.23. The molecule has 1 unspecified atom stereocenters. The van der Waals surface area contributed by atoms with Crippen LogP contribution in [0.2, 0.25) is 0 Å². The molecule has 0 fully saturated rings. The summed E-state index contributed by atoms with van der Waals surface area (Å²) in [5.74, 6) is 0.921. The molecule has 1 atom stereocenters. The Morgan fingerprint density at radius 3 is 2.76 bits per heavy atom. The SMILES string of the molecule is CN(CCCNC(=O)NC1COc2ccccc2C1)c1ccccc1. The largest absolute Gasteiger partial charge is 0.491 e. The van der Waals surface area contributed by atoms with E-state index >= 15 is 0 Å². The lowest BCUT2D eigenvalue weighted by molar-refractivity contribution is 0.214. The van der Waals surface area contributed by atoms with Crippen molar-refractivity contribution >= 4 is 11.7 Å². The summed E-state index contributed by atoms with van der Waals surface area (Å²) in [6.07, 6.45) is 1.70. The molecule has 0 saturated carbocycles. The summed E-state index contributed by atoms with van der Waals surface area (Å²) in [6.45, 7) is 2.05. The number of nitrogens with zero attached hydrogens (tertiary/aromatic N) is 1. The third kappa shape index (κ3) is 4.89. The number of carbonyl (C=O) groups excluding carboxylic acids is 1. The highest BCUT2D eigenvalue weighted by atomic mass is 16.5. The van der Waals surface area contributed by atoms with Crippen molar-refractivity contribution in [2.75, 3.05) is 31.6 Å². The van der Waals surface area contributed by atoms with Crippen LogP contribution in [0.4, 0.5) is 10.5 Å². The first kappa shape index (κ1) is 17.1. The van der Waals surface area contributed by atoms with Crippen LogP contribution in [0.3, 0.4) is 0 Å². The molecular formula is C20H25N3O2. The van der Waals surface area contributed by atoms with Crippen LogP contribution in [0, 0.1) is 0 Å². The number of hydrogen-bond donors (Lipinski definition) is 2. The molecule has 5 heteroatoms. The van der Waals surface area contributed by atoms with E-state index in [0.717, 1.165) is 30.7 Å². The van der Waals surface area contributed by atoms with Crippen LogP contribution in [0.25, 0.3) is 0 Å². The smallest absolute Gasteiger partial charge is 0.315 e. The maximum absolute atomic E-state index is 12.0. The van der Waals surface area contributed by atoms with E-state index in [0.29, 0.717) is 13.2 Å². The molecule has 0 aliphatic carbocycles. The number of fused-ring (bicyclic) bond motifs is 1. The van der Waals surface area contributed by atoms with Gasteiger partial charge in [-0.1, -0.05) is 36.4 Å². The molecule has 2 aromatic carbocycles. The van der Waals surface area contributed by atoms with Gasteiger partial charge in [0, 0.05) is 25.8 Å². The average molecular weight is 339 g/mol. The number of para-hydroxylation sites is 2. The maximum atomic E-state index is 12.0. The molecule has 1 aliphatic heterocycles. The Kier molecular flexibility index (Phi) is 5.77. The molecule has 2 aromatic rings. The Labute approximate surface area is 149 Å². The Morgan fingerprint density at radius 2 is 1.92 bits per heavy atom. The predicted octanol–water partition coefficient (Wildman–Crippen LogP) is 2.82. The first-order valence-electron chi connectivity index (χ1n) is 8.73. The zero-order chi connectivity index (χ0) is 17.5. The van der Waals surface area contributed by atoms with Crippen molar-refractivity contribution in [3.05, 3.63) is 60.2 Å². The minimum Gasteiger partial charge on any atom is -0.491 e. The average Bonchev–Trinajstić information content (AvgIpc) is 2.65. The highest BCUT2D eigenvalue weighted by Gasteiger charge is 2.20. The molecule has 132 valence electrons. The lowest BCUT2D eigenvalue weighted by Crippen LogP contribution is -2.47. The topological polar surface area (TPSA) is 53.6 Å². The number of benzene rings is 2. The lowest BCUT2D eigenvalue weighted by atomic mass is 10.0. The quantitative estimate of drug-likeness (QED) is 0.796. The van der Waals surface area contributed by atoms with Crippen molar-refractivity contribution in [1.82, 2.24) is 10.6 Å². The first-order valence-corrected chi connectivity index (χ1v) is 8.73. The van der Waals surface area contributed by atoms with E-state index < -0.39 is 0 Å². The van der Waals surface area contributed by atoms with E-state index in [-0.39, 0.29) is 12.1 Å². The van der Waals surface area contributed by atoms with Gasteiger partial charge in [0.25, 0.3) is 0 Å². The van der Waals surface area contributed by atoms with Gasteiger partial charge >= 0.3 is 6.03 Å². The van der Waals surface area contributed by atoms with Gasteiger partial charge in [-0.3, -0.25) is 0 Å². The molecule has 0 saturated heterocycles. The highest BCUT2D eigenvalue weighted by molar-refractivity contribution is 5.74. The van der Waals surface area contributed by atoms with E-state index in [9.17, 15) is 4.79 Å². The third-order valence-electron chi connectivity index (χ3n) is 4.37. The fourth-order valence-electron chi connectivity index (χ4n) is 2.99. The van der Waals surface area contributed by atoms with E-state index in [1.807, 2.05) is 42.5 Å². The Hall–Kier alpha value is -2.69. The van der Waals surface area contributed by atoms with Crippen molar-refractivity contribution in [1.29, 1.82) is 0 Å². The van der Waals surface area contributed by atoms with Crippen LogP contribution in [0.1, 0.15) is 12.0 Å². The maximum Gasteiger partial charge on any atom is 0.315 e. The second-order valence-corrected chi connectivity index (χ2v) is 6.33. The van der Waals surface area contributed by atoms with Crippen molar-refractivity contribution in [3.8, 4) is 5.75 Å². The van der Waals surface area contributed by atoms with Crippen molar-refractivity contribution in [3.63, 3.8) is 0 Å².